The molecule has 2 aliphatic rings. The topological polar surface area (TPSA) is 50.2 Å². The molecule has 3 atom stereocenters. The van der Waals surface area contributed by atoms with Crippen molar-refractivity contribution in [3.63, 3.8) is 0 Å². The molecular weight excluding hydrogens is 354 g/mol. The normalized spacial score (nSPS) is 23.0. The molecule has 0 fully saturated rings. The van der Waals surface area contributed by atoms with Crippen molar-refractivity contribution in [2.24, 2.45) is 5.92 Å². The van der Waals surface area contributed by atoms with Crippen LogP contribution in [0.1, 0.15) is 53.7 Å². The second-order valence-electron chi connectivity index (χ2n) is 8.31. The van der Waals surface area contributed by atoms with Crippen LogP contribution in [-0.2, 0) is 25.8 Å². The number of nitrogens with zero attached hydrogens (tertiary/aromatic N) is 1. The van der Waals surface area contributed by atoms with E-state index in [1.807, 2.05) is 0 Å². The number of thiophene rings is 1. The average Bonchev–Trinajstić information content (AvgIpc) is 3.04. The Morgan fingerprint density at radius 2 is 2.07 bits per heavy atom. The van der Waals surface area contributed by atoms with Crippen molar-refractivity contribution in [1.29, 1.82) is 0 Å². The van der Waals surface area contributed by atoms with E-state index in [0.717, 1.165) is 48.4 Å². The molecule has 3 heterocycles. The van der Waals surface area contributed by atoms with Crippen molar-refractivity contribution in [2.45, 2.75) is 52.1 Å². The third-order valence-electron chi connectivity index (χ3n) is 6.46. The number of rotatable bonds is 2. The van der Waals surface area contributed by atoms with Crippen molar-refractivity contribution in [3.05, 3.63) is 62.0 Å². The number of hydrogen-bond donors (Lipinski definition) is 2. The highest BCUT2D eigenvalue weighted by molar-refractivity contribution is 7.18. The monoisotopic (exact) mass is 380 g/mol. The maximum atomic E-state index is 12.9. The van der Waals surface area contributed by atoms with Crippen LogP contribution in [0.3, 0.4) is 0 Å². The molecule has 27 heavy (non-hydrogen) atoms. The first-order chi connectivity index (χ1) is 13.1. The highest BCUT2D eigenvalue weighted by atomic mass is 32.1. The molecule has 2 aromatic heterocycles. The van der Waals surface area contributed by atoms with Gasteiger partial charge in [0.25, 0.3) is 5.56 Å². The predicted molar refractivity (Wildman–Crippen MR) is 110 cm³/mol. The third-order valence-corrected chi connectivity index (χ3v) is 7.61. The SMILES string of the molecule is C[C@H]1CCc2c(sc3nc([C@@H](C)[NH+]4CCc5ccccc5C4)[nH]c(=O)c23)C1. The summed E-state index contributed by atoms with van der Waals surface area (Å²) < 4.78 is 0. The molecule has 1 aromatic carbocycles. The van der Waals surface area contributed by atoms with Gasteiger partial charge in [-0.1, -0.05) is 31.2 Å². The maximum absolute atomic E-state index is 12.9. The van der Waals surface area contributed by atoms with Crippen LogP contribution in [0.5, 0.6) is 0 Å². The third kappa shape index (κ3) is 2.93. The Morgan fingerprint density at radius 1 is 1.26 bits per heavy atom. The largest absolute Gasteiger partial charge is 0.322 e. The fourth-order valence-corrected chi connectivity index (χ4v) is 6.13. The molecule has 1 unspecified atom stereocenters. The molecule has 0 saturated heterocycles. The van der Waals surface area contributed by atoms with Crippen LogP contribution < -0.4 is 10.5 Å². The van der Waals surface area contributed by atoms with Crippen molar-refractivity contribution in [3.8, 4) is 0 Å². The Balaban J connectivity index is 1.49. The summed E-state index contributed by atoms with van der Waals surface area (Å²) in [4.78, 5) is 24.8. The van der Waals surface area contributed by atoms with Crippen LogP contribution >= 0.6 is 11.3 Å². The molecule has 3 aromatic rings. The Kier molecular flexibility index (Phi) is 4.17. The van der Waals surface area contributed by atoms with E-state index in [9.17, 15) is 4.79 Å². The zero-order chi connectivity index (χ0) is 18.5. The number of nitrogens with one attached hydrogen (secondary N) is 2. The van der Waals surface area contributed by atoms with Gasteiger partial charge in [0.1, 0.15) is 17.4 Å². The smallest absolute Gasteiger partial charge is 0.260 e. The number of fused-ring (bicyclic) bond motifs is 4. The van der Waals surface area contributed by atoms with E-state index in [2.05, 4.69) is 43.1 Å². The van der Waals surface area contributed by atoms with Crippen LogP contribution in [-0.4, -0.2) is 16.5 Å². The van der Waals surface area contributed by atoms with Gasteiger partial charge in [0.15, 0.2) is 5.82 Å². The number of benzene rings is 1. The molecule has 4 nitrogen and oxygen atoms in total. The summed E-state index contributed by atoms with van der Waals surface area (Å²) in [5, 5.41) is 0.858. The lowest BCUT2D eigenvalue weighted by Gasteiger charge is -2.30. The molecule has 5 rings (SSSR count). The van der Waals surface area contributed by atoms with E-state index in [4.69, 9.17) is 4.98 Å². The quantitative estimate of drug-likeness (QED) is 0.718. The predicted octanol–water partition coefficient (Wildman–Crippen LogP) is 2.81. The average molecular weight is 381 g/mol. The number of aryl methyl sites for hydroxylation is 1. The van der Waals surface area contributed by atoms with Gasteiger partial charge in [-0.2, -0.15) is 0 Å². The molecule has 1 aliphatic heterocycles. The highest BCUT2D eigenvalue weighted by Crippen LogP contribution is 2.35. The van der Waals surface area contributed by atoms with Crippen molar-refractivity contribution in [2.75, 3.05) is 6.54 Å². The van der Waals surface area contributed by atoms with E-state index in [1.54, 1.807) is 11.3 Å². The van der Waals surface area contributed by atoms with Gasteiger partial charge in [0, 0.05) is 16.9 Å². The van der Waals surface area contributed by atoms with Gasteiger partial charge in [-0.05, 0) is 43.2 Å². The summed E-state index contributed by atoms with van der Waals surface area (Å²) in [5.41, 5.74) is 4.21. The van der Waals surface area contributed by atoms with Crippen LogP contribution in [0, 0.1) is 5.92 Å². The van der Waals surface area contributed by atoms with Crippen LogP contribution in [0.2, 0.25) is 0 Å². The number of quaternary nitrogens is 1. The van der Waals surface area contributed by atoms with E-state index >= 15 is 0 Å². The summed E-state index contributed by atoms with van der Waals surface area (Å²) in [6.45, 7) is 6.58. The highest BCUT2D eigenvalue weighted by Gasteiger charge is 2.28. The molecule has 5 heteroatoms. The Morgan fingerprint density at radius 3 is 2.93 bits per heavy atom. The van der Waals surface area contributed by atoms with Gasteiger partial charge in [0.2, 0.25) is 0 Å². The van der Waals surface area contributed by atoms with Crippen molar-refractivity contribution in [1.82, 2.24) is 9.97 Å². The fourth-order valence-electron chi connectivity index (χ4n) is 4.74. The minimum Gasteiger partial charge on any atom is -0.322 e. The van der Waals surface area contributed by atoms with E-state index < -0.39 is 0 Å². The second kappa shape index (κ2) is 6.57. The first-order valence-electron chi connectivity index (χ1n) is 10.1. The molecule has 0 saturated carbocycles. The number of H-pyrrole nitrogens is 1. The molecular formula is C22H26N3OS+. The summed E-state index contributed by atoms with van der Waals surface area (Å²) in [7, 11) is 0. The summed E-state index contributed by atoms with van der Waals surface area (Å²) in [6, 6.07) is 8.90. The van der Waals surface area contributed by atoms with Gasteiger partial charge in [-0.15, -0.1) is 11.3 Å². The van der Waals surface area contributed by atoms with Gasteiger partial charge in [-0.25, -0.2) is 4.98 Å². The zero-order valence-electron chi connectivity index (χ0n) is 16.0. The van der Waals surface area contributed by atoms with Crippen LogP contribution in [0.25, 0.3) is 10.2 Å². The maximum Gasteiger partial charge on any atom is 0.260 e. The van der Waals surface area contributed by atoms with Gasteiger partial charge < -0.3 is 9.88 Å². The van der Waals surface area contributed by atoms with Gasteiger partial charge in [0.05, 0.1) is 11.9 Å². The lowest BCUT2D eigenvalue weighted by Crippen LogP contribution is -3.11. The summed E-state index contributed by atoms with van der Waals surface area (Å²) in [5.74, 6) is 1.55. The van der Waals surface area contributed by atoms with Gasteiger partial charge in [-0.3, -0.25) is 4.79 Å². The van der Waals surface area contributed by atoms with Crippen molar-refractivity contribution < 1.29 is 4.90 Å². The fraction of sp³-hybridized carbons (Fsp3) is 0.455. The summed E-state index contributed by atoms with van der Waals surface area (Å²) >= 11 is 1.74. The molecule has 0 amide bonds. The number of hydrogen-bond acceptors (Lipinski definition) is 3. The number of aromatic nitrogens is 2. The molecule has 140 valence electrons. The molecule has 2 N–H and O–H groups in total. The molecule has 1 aliphatic carbocycles. The van der Waals surface area contributed by atoms with E-state index in [0.29, 0.717) is 5.92 Å². The lowest BCUT2D eigenvalue weighted by molar-refractivity contribution is -0.945. The van der Waals surface area contributed by atoms with E-state index in [1.165, 1.54) is 32.9 Å². The molecule has 0 radical (unpaired) electrons. The minimum atomic E-state index is 0.0608. The van der Waals surface area contributed by atoms with Gasteiger partial charge >= 0.3 is 0 Å². The Labute approximate surface area is 163 Å². The van der Waals surface area contributed by atoms with Crippen LogP contribution in [0.15, 0.2) is 29.1 Å². The zero-order valence-corrected chi connectivity index (χ0v) is 16.8. The first kappa shape index (κ1) is 17.1. The second-order valence-corrected chi connectivity index (χ2v) is 9.39. The Hall–Kier alpha value is -1.98. The molecule has 0 bridgehead atoms. The number of aromatic amines is 1. The first-order valence-corrected chi connectivity index (χ1v) is 10.9. The standard InChI is InChI=1S/C22H25N3OS/c1-13-7-8-17-18(11-13)27-22-19(17)21(26)23-20(24-22)14(2)25-10-9-15-5-3-4-6-16(15)12-25/h3-6,13-14H,7-12H2,1-2H3,(H,23,24,26)/p+1/t13-,14+/m0/s1. The summed E-state index contributed by atoms with van der Waals surface area (Å²) in [6.07, 6.45) is 4.38. The lowest BCUT2D eigenvalue weighted by atomic mass is 9.89. The van der Waals surface area contributed by atoms with E-state index in [-0.39, 0.29) is 11.6 Å². The minimum absolute atomic E-state index is 0.0608. The van der Waals surface area contributed by atoms with Crippen LogP contribution in [0.4, 0.5) is 0 Å². The Bertz CT molecular complexity index is 1070. The van der Waals surface area contributed by atoms with Crippen molar-refractivity contribution >= 4 is 21.6 Å². The molecule has 0 spiro atoms.